The molecule has 5 aromatic rings. The van der Waals surface area contributed by atoms with Crippen LogP contribution >= 0.6 is 47.8 Å². The first-order chi connectivity index (χ1) is 18.8. The first-order valence-electron chi connectivity index (χ1n) is 11.8. The number of amides is 1. The van der Waals surface area contributed by atoms with Crippen molar-refractivity contribution < 1.29 is 14.3 Å². The van der Waals surface area contributed by atoms with Gasteiger partial charge < -0.3 is 9.72 Å². The molecule has 0 saturated carbocycles. The van der Waals surface area contributed by atoms with Gasteiger partial charge in [-0.25, -0.2) is 10.2 Å². The fourth-order valence-corrected chi connectivity index (χ4v) is 5.90. The number of nitrogens with one attached hydrogen (secondary N) is 2. The number of carbonyl (C=O) groups excluding carboxylic acids is 2. The molecule has 1 aromatic heterocycles. The average Bonchev–Trinajstić information content (AvgIpc) is 3.32. The quantitative estimate of drug-likeness (QED) is 0.0804. The van der Waals surface area contributed by atoms with E-state index >= 15 is 0 Å². The number of para-hydroxylation sites is 1. The monoisotopic (exact) mass is 707 g/mol. The molecule has 194 valence electrons. The topological polar surface area (TPSA) is 83.5 Å². The Hall–Kier alpha value is -3.53. The Bertz CT molecular complexity index is 1730. The standard InChI is InChI=1S/C30H20Br3N3O3/c1-17-10-12-19(13-11-17)30(38)39-28-20(14-21(31)15-24(28)33)16-34-36-29(37)27-25(18-6-3-2-4-7-18)22-8-5-9-23(32)26(22)35-27/h2-16,35H,1H3,(H,36,37). The van der Waals surface area contributed by atoms with Crippen molar-refractivity contribution in [3.05, 3.63) is 121 Å². The summed E-state index contributed by atoms with van der Waals surface area (Å²) >= 11 is 10.5. The van der Waals surface area contributed by atoms with Crippen LogP contribution < -0.4 is 10.2 Å². The predicted octanol–water partition coefficient (Wildman–Crippen LogP) is 8.41. The van der Waals surface area contributed by atoms with E-state index in [2.05, 4.69) is 63.3 Å². The van der Waals surface area contributed by atoms with Gasteiger partial charge in [0.15, 0.2) is 5.75 Å². The van der Waals surface area contributed by atoms with Crippen LogP contribution in [0.1, 0.15) is 32.0 Å². The Morgan fingerprint density at radius 2 is 1.64 bits per heavy atom. The molecule has 6 nitrogen and oxygen atoms in total. The van der Waals surface area contributed by atoms with E-state index in [9.17, 15) is 9.59 Å². The third-order valence-electron chi connectivity index (χ3n) is 5.96. The van der Waals surface area contributed by atoms with Gasteiger partial charge in [-0.3, -0.25) is 4.79 Å². The molecular weight excluding hydrogens is 690 g/mol. The number of aromatic amines is 1. The summed E-state index contributed by atoms with van der Waals surface area (Å²) in [6.07, 6.45) is 1.44. The molecule has 0 saturated heterocycles. The van der Waals surface area contributed by atoms with E-state index in [1.807, 2.05) is 67.6 Å². The summed E-state index contributed by atoms with van der Waals surface area (Å²) < 4.78 is 7.85. The lowest BCUT2D eigenvalue weighted by molar-refractivity contribution is 0.0733. The van der Waals surface area contributed by atoms with Crippen molar-refractivity contribution in [1.29, 1.82) is 0 Å². The minimum atomic E-state index is -0.507. The van der Waals surface area contributed by atoms with E-state index in [1.165, 1.54) is 6.21 Å². The minimum Gasteiger partial charge on any atom is -0.421 e. The van der Waals surface area contributed by atoms with Gasteiger partial charge in [0, 0.05) is 25.5 Å². The molecule has 5 rings (SSSR count). The van der Waals surface area contributed by atoms with Crippen molar-refractivity contribution in [2.75, 3.05) is 0 Å². The first-order valence-corrected chi connectivity index (χ1v) is 14.2. The van der Waals surface area contributed by atoms with Crippen LogP contribution in [-0.4, -0.2) is 23.1 Å². The summed E-state index contributed by atoms with van der Waals surface area (Å²) in [7, 11) is 0. The third-order valence-corrected chi connectivity index (χ3v) is 7.67. The van der Waals surface area contributed by atoms with E-state index < -0.39 is 11.9 Å². The minimum absolute atomic E-state index is 0.279. The molecule has 1 amide bonds. The molecule has 4 aromatic carbocycles. The molecule has 39 heavy (non-hydrogen) atoms. The van der Waals surface area contributed by atoms with Crippen molar-refractivity contribution in [2.45, 2.75) is 6.92 Å². The van der Waals surface area contributed by atoms with Gasteiger partial charge in [-0.05, 0) is 74.7 Å². The van der Waals surface area contributed by atoms with Gasteiger partial charge in [-0.2, -0.15) is 5.10 Å². The van der Waals surface area contributed by atoms with Crippen LogP contribution in [0.5, 0.6) is 5.75 Å². The number of aryl methyl sites for hydroxylation is 1. The summed E-state index contributed by atoms with van der Waals surface area (Å²) in [4.78, 5) is 29.4. The number of hydrazone groups is 1. The number of fused-ring (bicyclic) bond motifs is 1. The second kappa shape index (κ2) is 11.7. The highest BCUT2D eigenvalue weighted by Crippen LogP contribution is 2.36. The Morgan fingerprint density at radius 3 is 2.38 bits per heavy atom. The first kappa shape index (κ1) is 27.1. The molecule has 0 fully saturated rings. The highest BCUT2D eigenvalue weighted by atomic mass is 79.9. The van der Waals surface area contributed by atoms with E-state index in [-0.39, 0.29) is 5.75 Å². The molecule has 0 aliphatic rings. The third kappa shape index (κ3) is 5.90. The Kier molecular flexibility index (Phi) is 8.11. The maximum atomic E-state index is 13.3. The number of H-pyrrole nitrogens is 1. The van der Waals surface area contributed by atoms with Crippen LogP contribution in [0, 0.1) is 6.92 Å². The smallest absolute Gasteiger partial charge is 0.343 e. The second-order valence-corrected chi connectivity index (χ2v) is 11.3. The second-order valence-electron chi connectivity index (χ2n) is 8.66. The van der Waals surface area contributed by atoms with Gasteiger partial charge in [0.25, 0.3) is 5.91 Å². The lowest BCUT2D eigenvalue weighted by atomic mass is 10.0. The van der Waals surface area contributed by atoms with Gasteiger partial charge >= 0.3 is 5.97 Å². The maximum Gasteiger partial charge on any atom is 0.343 e. The fraction of sp³-hybridized carbons (Fsp3) is 0.0333. The Morgan fingerprint density at radius 1 is 0.897 bits per heavy atom. The number of esters is 1. The van der Waals surface area contributed by atoms with Gasteiger partial charge in [0.1, 0.15) is 5.69 Å². The molecule has 0 radical (unpaired) electrons. The van der Waals surface area contributed by atoms with Gasteiger partial charge in [-0.15, -0.1) is 0 Å². The fourth-order valence-electron chi connectivity index (χ4n) is 4.10. The van der Waals surface area contributed by atoms with Crippen molar-refractivity contribution in [3.63, 3.8) is 0 Å². The van der Waals surface area contributed by atoms with Gasteiger partial charge in [0.05, 0.1) is 21.8 Å². The molecule has 0 bridgehead atoms. The molecule has 0 spiro atoms. The number of halogens is 3. The van der Waals surface area contributed by atoms with Crippen LogP contribution in [0.2, 0.25) is 0 Å². The van der Waals surface area contributed by atoms with Crippen molar-refractivity contribution in [3.8, 4) is 16.9 Å². The van der Waals surface area contributed by atoms with Crippen LogP contribution in [0.4, 0.5) is 0 Å². The number of carbonyl (C=O) groups is 2. The summed E-state index contributed by atoms with van der Waals surface area (Å²) in [6.45, 7) is 1.95. The highest BCUT2D eigenvalue weighted by molar-refractivity contribution is 9.11. The zero-order valence-electron chi connectivity index (χ0n) is 20.5. The van der Waals surface area contributed by atoms with Gasteiger partial charge in [0.2, 0.25) is 0 Å². The predicted molar refractivity (Wildman–Crippen MR) is 164 cm³/mol. The lowest BCUT2D eigenvalue weighted by Gasteiger charge is -2.11. The molecule has 0 atom stereocenters. The molecule has 0 aliphatic carbocycles. The maximum absolute atomic E-state index is 13.3. The van der Waals surface area contributed by atoms with E-state index in [0.717, 1.165) is 36.5 Å². The van der Waals surface area contributed by atoms with E-state index in [1.54, 1.807) is 24.3 Å². The normalized spacial score (nSPS) is 11.2. The summed E-state index contributed by atoms with van der Waals surface area (Å²) in [5.41, 5.74) is 7.42. The van der Waals surface area contributed by atoms with Crippen molar-refractivity contribution >= 4 is 76.8 Å². The SMILES string of the molecule is Cc1ccc(C(=O)Oc2c(Br)cc(Br)cc2C=NNC(=O)c2[nH]c3c(Br)cccc3c2-c2ccccc2)cc1. The molecule has 1 heterocycles. The molecule has 0 unspecified atom stereocenters. The number of aromatic nitrogens is 1. The Balaban J connectivity index is 1.44. The zero-order valence-corrected chi connectivity index (χ0v) is 25.2. The van der Waals surface area contributed by atoms with Crippen LogP contribution in [0.3, 0.4) is 0 Å². The number of benzene rings is 4. The summed E-state index contributed by atoms with van der Waals surface area (Å²) in [5, 5.41) is 5.10. The molecule has 2 N–H and O–H groups in total. The molecule has 9 heteroatoms. The van der Waals surface area contributed by atoms with E-state index in [4.69, 9.17) is 4.74 Å². The van der Waals surface area contributed by atoms with Crippen LogP contribution in [0.15, 0.2) is 103 Å². The zero-order chi connectivity index (χ0) is 27.5. The molecule has 0 aliphatic heterocycles. The number of rotatable bonds is 6. The molecular formula is C30H20Br3N3O3. The van der Waals surface area contributed by atoms with E-state index in [0.29, 0.717) is 21.3 Å². The van der Waals surface area contributed by atoms with Crippen LogP contribution in [0.25, 0.3) is 22.0 Å². The Labute approximate surface area is 249 Å². The van der Waals surface area contributed by atoms with Crippen molar-refractivity contribution in [2.24, 2.45) is 5.10 Å². The van der Waals surface area contributed by atoms with Crippen LogP contribution in [-0.2, 0) is 0 Å². The number of ether oxygens (including phenoxy) is 1. The number of hydrogen-bond donors (Lipinski definition) is 2. The van der Waals surface area contributed by atoms with Gasteiger partial charge in [-0.1, -0.05) is 76.1 Å². The highest BCUT2D eigenvalue weighted by Gasteiger charge is 2.20. The number of hydrogen-bond acceptors (Lipinski definition) is 4. The average molecular weight is 710 g/mol. The summed E-state index contributed by atoms with van der Waals surface area (Å²) in [6, 6.07) is 26.1. The van der Waals surface area contributed by atoms with Crippen molar-refractivity contribution in [1.82, 2.24) is 10.4 Å². The largest absolute Gasteiger partial charge is 0.421 e. The summed E-state index contributed by atoms with van der Waals surface area (Å²) in [5.74, 6) is -0.644. The number of nitrogens with zero attached hydrogens (tertiary/aromatic N) is 1. The lowest BCUT2D eigenvalue weighted by Crippen LogP contribution is -2.19.